The first-order valence-electron chi connectivity index (χ1n) is 5.55. The highest BCUT2D eigenvalue weighted by molar-refractivity contribution is 7.99. The van der Waals surface area contributed by atoms with E-state index >= 15 is 0 Å². The molecule has 0 spiro atoms. The van der Waals surface area contributed by atoms with E-state index in [-0.39, 0.29) is 0 Å². The first-order chi connectivity index (χ1) is 7.74. The van der Waals surface area contributed by atoms with Gasteiger partial charge in [-0.3, -0.25) is 0 Å². The summed E-state index contributed by atoms with van der Waals surface area (Å²) >= 11 is 0.597. The van der Waals surface area contributed by atoms with E-state index in [1.54, 1.807) is 12.1 Å². The van der Waals surface area contributed by atoms with Crippen molar-refractivity contribution in [1.82, 2.24) is 0 Å². The third-order valence-corrected chi connectivity index (χ3v) is 3.49. The monoisotopic (exact) mass is 243 g/mol. The molecule has 0 unspecified atom stereocenters. The van der Waals surface area contributed by atoms with Crippen molar-refractivity contribution in [3.05, 3.63) is 24.3 Å². The fraction of sp³-hybridized carbons (Fsp3) is 0.500. The van der Waals surface area contributed by atoms with Gasteiger partial charge in [0.05, 0.1) is 0 Å². The summed E-state index contributed by atoms with van der Waals surface area (Å²) in [6.45, 7) is 0. The van der Waals surface area contributed by atoms with E-state index in [2.05, 4.69) is 5.32 Å². The molecule has 1 saturated carbocycles. The van der Waals surface area contributed by atoms with E-state index in [1.807, 2.05) is 12.1 Å². The van der Waals surface area contributed by atoms with Gasteiger partial charge in [-0.15, -0.1) is 0 Å². The Morgan fingerprint density at radius 1 is 1.25 bits per heavy atom. The minimum Gasteiger partial charge on any atom is -0.382 e. The fourth-order valence-corrected chi connectivity index (χ4v) is 2.63. The number of alkyl halides is 2. The molecule has 1 aliphatic rings. The fourth-order valence-electron chi connectivity index (χ4n) is 2.07. The van der Waals surface area contributed by atoms with Gasteiger partial charge in [0.2, 0.25) is 0 Å². The maximum atomic E-state index is 12.2. The van der Waals surface area contributed by atoms with Crippen LogP contribution in [0.3, 0.4) is 0 Å². The van der Waals surface area contributed by atoms with Crippen molar-refractivity contribution < 1.29 is 8.78 Å². The highest BCUT2D eigenvalue weighted by atomic mass is 32.2. The van der Waals surface area contributed by atoms with Crippen LogP contribution in [0.1, 0.15) is 25.7 Å². The smallest absolute Gasteiger partial charge is 0.288 e. The number of anilines is 1. The normalized spacial score (nSPS) is 16.9. The Morgan fingerprint density at radius 3 is 2.69 bits per heavy atom. The molecule has 1 fully saturated rings. The molecule has 1 aliphatic carbocycles. The van der Waals surface area contributed by atoms with Crippen molar-refractivity contribution in [3.63, 3.8) is 0 Å². The Bertz CT molecular complexity index is 338. The van der Waals surface area contributed by atoms with Gasteiger partial charge in [0.25, 0.3) is 5.76 Å². The predicted octanol–water partition coefficient (Wildman–Crippen LogP) is 4.36. The summed E-state index contributed by atoms with van der Waals surface area (Å²) in [6, 6.07) is 7.80. The lowest BCUT2D eigenvalue weighted by atomic mass is 10.2. The summed E-state index contributed by atoms with van der Waals surface area (Å²) in [4.78, 5) is 0.623. The number of thioether (sulfide) groups is 1. The molecule has 0 heterocycles. The van der Waals surface area contributed by atoms with Crippen molar-refractivity contribution in [3.8, 4) is 0 Å². The Labute approximate surface area is 98.6 Å². The number of hydrogen-bond donors (Lipinski definition) is 1. The molecule has 4 heteroatoms. The minimum absolute atomic E-state index is 0.520. The zero-order chi connectivity index (χ0) is 11.4. The van der Waals surface area contributed by atoms with E-state index in [4.69, 9.17) is 0 Å². The molecule has 1 aromatic carbocycles. The zero-order valence-electron chi connectivity index (χ0n) is 8.96. The number of nitrogens with one attached hydrogen (secondary N) is 1. The van der Waals surface area contributed by atoms with Crippen LogP contribution in [0.4, 0.5) is 14.5 Å². The molecule has 0 aliphatic heterocycles. The molecule has 88 valence electrons. The third-order valence-electron chi connectivity index (χ3n) is 2.79. The van der Waals surface area contributed by atoms with Gasteiger partial charge in [0, 0.05) is 16.6 Å². The van der Waals surface area contributed by atoms with Gasteiger partial charge in [0.15, 0.2) is 0 Å². The third kappa shape index (κ3) is 3.37. The second kappa shape index (κ2) is 5.53. The van der Waals surface area contributed by atoms with Crippen molar-refractivity contribution in [2.45, 2.75) is 42.4 Å². The largest absolute Gasteiger partial charge is 0.382 e. The molecule has 0 bridgehead atoms. The van der Waals surface area contributed by atoms with Crippen LogP contribution >= 0.6 is 11.8 Å². The lowest BCUT2D eigenvalue weighted by Crippen LogP contribution is -2.14. The molecule has 1 N–H and O–H groups in total. The average molecular weight is 243 g/mol. The van der Waals surface area contributed by atoms with Crippen molar-refractivity contribution in [1.29, 1.82) is 0 Å². The van der Waals surface area contributed by atoms with Crippen LogP contribution in [0.2, 0.25) is 0 Å². The second-order valence-electron chi connectivity index (χ2n) is 4.03. The van der Waals surface area contributed by atoms with E-state index in [0.717, 1.165) is 5.69 Å². The molecule has 16 heavy (non-hydrogen) atoms. The van der Waals surface area contributed by atoms with Gasteiger partial charge < -0.3 is 5.32 Å². The van der Waals surface area contributed by atoms with Crippen molar-refractivity contribution >= 4 is 17.4 Å². The summed E-state index contributed by atoms with van der Waals surface area (Å²) in [5, 5.41) is 3.40. The molecule has 0 atom stereocenters. The summed E-state index contributed by atoms with van der Waals surface area (Å²) in [7, 11) is 0. The zero-order valence-corrected chi connectivity index (χ0v) is 9.77. The van der Waals surface area contributed by atoms with Crippen molar-refractivity contribution in [2.24, 2.45) is 0 Å². The number of benzene rings is 1. The van der Waals surface area contributed by atoms with Gasteiger partial charge in [0.1, 0.15) is 0 Å². The van der Waals surface area contributed by atoms with Crippen LogP contribution in [0.5, 0.6) is 0 Å². The minimum atomic E-state index is -2.35. The van der Waals surface area contributed by atoms with Crippen LogP contribution in [-0.2, 0) is 0 Å². The summed E-state index contributed by atoms with van der Waals surface area (Å²) in [5.41, 5.74) is 0.956. The van der Waals surface area contributed by atoms with Gasteiger partial charge >= 0.3 is 0 Å². The lowest BCUT2D eigenvalue weighted by Gasteiger charge is -2.14. The number of hydrogen-bond acceptors (Lipinski definition) is 2. The Hall–Kier alpha value is -0.770. The molecule has 0 radical (unpaired) electrons. The molecule has 1 nitrogen and oxygen atoms in total. The van der Waals surface area contributed by atoms with E-state index < -0.39 is 5.76 Å². The maximum Gasteiger partial charge on any atom is 0.288 e. The quantitative estimate of drug-likeness (QED) is 0.789. The van der Waals surface area contributed by atoms with Crippen LogP contribution < -0.4 is 5.32 Å². The lowest BCUT2D eigenvalue weighted by molar-refractivity contribution is 0.252. The molecule has 0 saturated heterocycles. The van der Waals surface area contributed by atoms with Gasteiger partial charge in [-0.05, 0) is 31.0 Å². The van der Waals surface area contributed by atoms with Crippen LogP contribution in [0.25, 0.3) is 0 Å². The Morgan fingerprint density at radius 2 is 2.00 bits per heavy atom. The van der Waals surface area contributed by atoms with E-state index in [1.165, 1.54) is 25.7 Å². The second-order valence-corrected chi connectivity index (χ2v) is 5.10. The van der Waals surface area contributed by atoms with Crippen LogP contribution in [-0.4, -0.2) is 11.8 Å². The Balaban J connectivity index is 1.97. The SMILES string of the molecule is FC(F)Sc1cccc(NC2CCCC2)c1. The topological polar surface area (TPSA) is 12.0 Å². The number of rotatable bonds is 4. The van der Waals surface area contributed by atoms with E-state index in [9.17, 15) is 8.78 Å². The van der Waals surface area contributed by atoms with Gasteiger partial charge in [-0.1, -0.05) is 30.7 Å². The first kappa shape index (κ1) is 11.7. The molecule has 1 aromatic rings. The average Bonchev–Trinajstić information content (AvgIpc) is 2.70. The van der Waals surface area contributed by atoms with Crippen molar-refractivity contribution in [2.75, 3.05) is 5.32 Å². The Kier molecular flexibility index (Phi) is 4.04. The van der Waals surface area contributed by atoms with E-state index in [0.29, 0.717) is 22.7 Å². The first-order valence-corrected chi connectivity index (χ1v) is 6.43. The maximum absolute atomic E-state index is 12.2. The molecule has 0 amide bonds. The van der Waals surface area contributed by atoms with Gasteiger partial charge in [-0.2, -0.15) is 8.78 Å². The summed E-state index contributed by atoms with van der Waals surface area (Å²) < 4.78 is 24.4. The molecule has 0 aromatic heterocycles. The molecular weight excluding hydrogens is 228 g/mol. The predicted molar refractivity (Wildman–Crippen MR) is 64.2 cm³/mol. The highest BCUT2D eigenvalue weighted by Crippen LogP contribution is 2.28. The highest BCUT2D eigenvalue weighted by Gasteiger charge is 2.14. The summed E-state index contributed by atoms with van der Waals surface area (Å²) in [6.07, 6.45) is 4.91. The number of halogens is 2. The molecule has 2 rings (SSSR count). The van der Waals surface area contributed by atoms with Gasteiger partial charge in [-0.25, -0.2) is 0 Å². The molecular formula is C12H15F2NS. The summed E-state index contributed by atoms with van der Waals surface area (Å²) in [5.74, 6) is -2.35. The standard InChI is InChI=1S/C12H15F2NS/c13-12(14)16-11-7-3-6-10(8-11)15-9-4-1-2-5-9/h3,6-9,12,15H,1-2,4-5H2. The van der Waals surface area contributed by atoms with Crippen LogP contribution in [0.15, 0.2) is 29.2 Å². The van der Waals surface area contributed by atoms with Crippen LogP contribution in [0, 0.1) is 0 Å².